The molecule has 2 N–H and O–H groups in total. The molecule has 0 aliphatic rings. The molecule has 0 unspecified atom stereocenters. The quantitative estimate of drug-likeness (QED) is 0.824. The highest BCUT2D eigenvalue weighted by Crippen LogP contribution is 2.22. The minimum absolute atomic E-state index is 0.816. The first kappa shape index (κ1) is 15.4. The molecule has 112 valence electrons. The van der Waals surface area contributed by atoms with Crippen molar-refractivity contribution in [2.75, 3.05) is 19.4 Å². The minimum atomic E-state index is 0.816. The fourth-order valence-electron chi connectivity index (χ4n) is 2.50. The zero-order chi connectivity index (χ0) is 15.2. The van der Waals surface area contributed by atoms with Gasteiger partial charge < -0.3 is 10.5 Å². The Labute approximate surface area is 127 Å². The monoisotopic (exact) mass is 284 g/mol. The van der Waals surface area contributed by atoms with Gasteiger partial charge in [0.15, 0.2) is 0 Å². The lowest BCUT2D eigenvalue weighted by molar-refractivity contribution is 0.266. The number of nitrogen functional groups attached to an aromatic ring is 1. The molecule has 0 saturated carbocycles. The van der Waals surface area contributed by atoms with E-state index in [0.717, 1.165) is 31.1 Å². The van der Waals surface area contributed by atoms with Crippen LogP contribution in [0.5, 0.6) is 5.75 Å². The number of rotatable bonds is 6. The van der Waals surface area contributed by atoms with Crippen LogP contribution >= 0.6 is 0 Å². The number of hydrogen-bond donors (Lipinski definition) is 1. The third-order valence-corrected chi connectivity index (χ3v) is 3.63. The van der Waals surface area contributed by atoms with Crippen molar-refractivity contribution in [3.8, 4) is 5.75 Å². The molecule has 0 aliphatic heterocycles. The zero-order valence-corrected chi connectivity index (χ0v) is 13.1. The number of nitrogens with two attached hydrogens (primary N) is 1. The highest BCUT2D eigenvalue weighted by atomic mass is 16.5. The summed E-state index contributed by atoms with van der Waals surface area (Å²) in [6, 6.07) is 14.4. The fraction of sp³-hybridized carbons (Fsp3) is 0.333. The van der Waals surface area contributed by atoms with Crippen LogP contribution < -0.4 is 10.5 Å². The van der Waals surface area contributed by atoms with E-state index in [1.165, 1.54) is 16.7 Å². The van der Waals surface area contributed by atoms with Crippen LogP contribution in [0.3, 0.4) is 0 Å². The third-order valence-electron chi connectivity index (χ3n) is 3.63. The summed E-state index contributed by atoms with van der Waals surface area (Å²) in [5, 5.41) is 0. The van der Waals surface area contributed by atoms with Gasteiger partial charge in [-0.15, -0.1) is 0 Å². The average molecular weight is 284 g/mol. The summed E-state index contributed by atoms with van der Waals surface area (Å²) in [7, 11) is 1.72. The molecule has 3 nitrogen and oxygen atoms in total. The number of hydrogen-bond acceptors (Lipinski definition) is 3. The SMILES string of the molecule is CCN(Cc1cccc(N)c1)Cc1cc(C)ccc1OC. The van der Waals surface area contributed by atoms with E-state index in [2.05, 4.69) is 36.9 Å². The second-order valence-electron chi connectivity index (χ2n) is 5.36. The van der Waals surface area contributed by atoms with Gasteiger partial charge >= 0.3 is 0 Å². The van der Waals surface area contributed by atoms with E-state index >= 15 is 0 Å². The van der Waals surface area contributed by atoms with E-state index in [0.29, 0.717) is 0 Å². The number of methoxy groups -OCH3 is 1. The largest absolute Gasteiger partial charge is 0.496 e. The Hall–Kier alpha value is -2.00. The van der Waals surface area contributed by atoms with E-state index in [4.69, 9.17) is 10.5 Å². The van der Waals surface area contributed by atoms with Crippen LogP contribution in [0.2, 0.25) is 0 Å². The molecule has 0 aromatic heterocycles. The molecule has 0 amide bonds. The molecule has 0 fully saturated rings. The number of anilines is 1. The van der Waals surface area contributed by atoms with Crippen LogP contribution in [0.25, 0.3) is 0 Å². The summed E-state index contributed by atoms with van der Waals surface area (Å²) in [6.07, 6.45) is 0. The molecular formula is C18H24N2O. The Morgan fingerprint density at radius 1 is 1.10 bits per heavy atom. The average Bonchev–Trinajstić information content (AvgIpc) is 2.47. The maximum Gasteiger partial charge on any atom is 0.123 e. The number of benzene rings is 2. The van der Waals surface area contributed by atoms with Gasteiger partial charge in [0, 0.05) is 24.3 Å². The maximum absolute atomic E-state index is 5.86. The van der Waals surface area contributed by atoms with Crippen molar-refractivity contribution < 1.29 is 4.74 Å². The molecule has 21 heavy (non-hydrogen) atoms. The smallest absolute Gasteiger partial charge is 0.123 e. The standard InChI is InChI=1S/C18H24N2O/c1-4-20(12-15-6-5-7-17(19)11-15)13-16-10-14(2)8-9-18(16)21-3/h5-11H,4,12-13,19H2,1-3H3. The molecule has 2 aromatic carbocycles. The van der Waals surface area contributed by atoms with Crippen molar-refractivity contribution in [3.05, 3.63) is 59.2 Å². The molecule has 0 aliphatic carbocycles. The summed E-state index contributed by atoms with van der Waals surface area (Å²) < 4.78 is 5.47. The third kappa shape index (κ3) is 4.23. The number of ether oxygens (including phenoxy) is 1. The molecule has 0 spiro atoms. The Morgan fingerprint density at radius 3 is 2.57 bits per heavy atom. The normalized spacial score (nSPS) is 10.9. The Kier molecular flexibility index (Phi) is 5.23. The van der Waals surface area contributed by atoms with E-state index in [9.17, 15) is 0 Å². The highest BCUT2D eigenvalue weighted by molar-refractivity contribution is 5.41. The van der Waals surface area contributed by atoms with Crippen molar-refractivity contribution >= 4 is 5.69 Å². The first-order valence-electron chi connectivity index (χ1n) is 7.32. The van der Waals surface area contributed by atoms with Crippen molar-refractivity contribution in [2.45, 2.75) is 26.9 Å². The lowest BCUT2D eigenvalue weighted by Crippen LogP contribution is -2.22. The van der Waals surface area contributed by atoms with Crippen LogP contribution in [-0.2, 0) is 13.1 Å². The van der Waals surface area contributed by atoms with Gasteiger partial charge in [-0.3, -0.25) is 4.90 Å². The Morgan fingerprint density at radius 2 is 1.90 bits per heavy atom. The molecule has 0 radical (unpaired) electrons. The lowest BCUT2D eigenvalue weighted by atomic mass is 10.1. The number of aryl methyl sites for hydroxylation is 1. The predicted molar refractivity (Wildman–Crippen MR) is 88.4 cm³/mol. The van der Waals surface area contributed by atoms with Crippen molar-refractivity contribution in [1.29, 1.82) is 0 Å². The molecule has 0 saturated heterocycles. The summed E-state index contributed by atoms with van der Waals surface area (Å²) >= 11 is 0. The van der Waals surface area contributed by atoms with Crippen molar-refractivity contribution in [3.63, 3.8) is 0 Å². The lowest BCUT2D eigenvalue weighted by Gasteiger charge is -2.22. The zero-order valence-electron chi connectivity index (χ0n) is 13.1. The van der Waals surface area contributed by atoms with Gasteiger partial charge in [0.1, 0.15) is 5.75 Å². The van der Waals surface area contributed by atoms with Crippen LogP contribution in [0.1, 0.15) is 23.6 Å². The second kappa shape index (κ2) is 7.14. The van der Waals surface area contributed by atoms with E-state index in [-0.39, 0.29) is 0 Å². The highest BCUT2D eigenvalue weighted by Gasteiger charge is 2.09. The van der Waals surface area contributed by atoms with E-state index in [1.54, 1.807) is 7.11 Å². The predicted octanol–water partition coefficient (Wildman–Crippen LogP) is 3.61. The van der Waals surface area contributed by atoms with Crippen LogP contribution in [-0.4, -0.2) is 18.6 Å². The van der Waals surface area contributed by atoms with E-state index in [1.807, 2.05) is 24.3 Å². The molecule has 2 aromatic rings. The molecule has 2 rings (SSSR count). The van der Waals surface area contributed by atoms with Crippen molar-refractivity contribution in [1.82, 2.24) is 4.90 Å². The fourth-order valence-corrected chi connectivity index (χ4v) is 2.50. The second-order valence-corrected chi connectivity index (χ2v) is 5.36. The Balaban J connectivity index is 2.14. The van der Waals surface area contributed by atoms with Crippen molar-refractivity contribution in [2.24, 2.45) is 0 Å². The molecule has 3 heteroatoms. The van der Waals surface area contributed by atoms with Crippen LogP contribution in [0, 0.1) is 6.92 Å². The molecule has 0 bridgehead atoms. The summed E-state index contributed by atoms with van der Waals surface area (Å²) in [5.74, 6) is 0.951. The topological polar surface area (TPSA) is 38.5 Å². The van der Waals surface area contributed by atoms with Gasteiger partial charge in [-0.25, -0.2) is 0 Å². The molecule has 0 atom stereocenters. The molecule has 0 heterocycles. The maximum atomic E-state index is 5.86. The summed E-state index contributed by atoms with van der Waals surface area (Å²) in [6.45, 7) is 7.02. The summed E-state index contributed by atoms with van der Waals surface area (Å²) in [5.41, 5.74) is 10.4. The first-order valence-corrected chi connectivity index (χ1v) is 7.32. The Bertz CT molecular complexity index is 596. The van der Waals surface area contributed by atoms with Gasteiger partial charge in [-0.1, -0.05) is 36.8 Å². The van der Waals surface area contributed by atoms with Crippen LogP contribution in [0.15, 0.2) is 42.5 Å². The van der Waals surface area contributed by atoms with Gasteiger partial charge in [0.05, 0.1) is 7.11 Å². The van der Waals surface area contributed by atoms with E-state index < -0.39 is 0 Å². The van der Waals surface area contributed by atoms with Gasteiger partial charge in [-0.05, 0) is 37.2 Å². The number of nitrogens with zero attached hydrogens (tertiary/aromatic N) is 1. The minimum Gasteiger partial charge on any atom is -0.496 e. The van der Waals surface area contributed by atoms with Gasteiger partial charge in [0.2, 0.25) is 0 Å². The first-order chi connectivity index (χ1) is 10.1. The van der Waals surface area contributed by atoms with Gasteiger partial charge in [-0.2, -0.15) is 0 Å². The van der Waals surface area contributed by atoms with Crippen LogP contribution in [0.4, 0.5) is 5.69 Å². The molecular weight excluding hydrogens is 260 g/mol. The summed E-state index contributed by atoms with van der Waals surface area (Å²) in [4.78, 5) is 2.38. The van der Waals surface area contributed by atoms with Gasteiger partial charge in [0.25, 0.3) is 0 Å².